The van der Waals surface area contributed by atoms with Crippen LogP contribution in [0, 0.1) is 11.6 Å². The lowest BCUT2D eigenvalue weighted by Gasteiger charge is -2.26. The highest BCUT2D eigenvalue weighted by Gasteiger charge is 2.30. The van der Waals surface area contributed by atoms with Crippen LogP contribution in [-0.4, -0.2) is 38.0 Å². The van der Waals surface area contributed by atoms with E-state index < -0.39 is 11.6 Å². The fourth-order valence-electron chi connectivity index (χ4n) is 4.78. The van der Waals surface area contributed by atoms with Crippen molar-refractivity contribution in [3.05, 3.63) is 90.5 Å². The van der Waals surface area contributed by atoms with Gasteiger partial charge in [-0.3, -0.25) is 0 Å². The number of benzene rings is 2. The maximum Gasteiger partial charge on any atom is 0.183 e. The van der Waals surface area contributed by atoms with Crippen molar-refractivity contribution in [3.8, 4) is 22.6 Å². The summed E-state index contributed by atoms with van der Waals surface area (Å²) in [6, 6.07) is 12.9. The van der Waals surface area contributed by atoms with Crippen LogP contribution in [0.3, 0.4) is 0 Å². The topological polar surface area (TPSA) is 60.5 Å². The molecule has 1 atom stereocenters. The second-order valence-electron chi connectivity index (χ2n) is 8.47. The summed E-state index contributed by atoms with van der Waals surface area (Å²) in [5.74, 6) is 0.591. The van der Waals surface area contributed by atoms with Crippen molar-refractivity contribution in [2.45, 2.75) is 18.9 Å². The molecule has 1 aliphatic rings. The molecule has 1 fully saturated rings. The summed E-state index contributed by atoms with van der Waals surface area (Å²) >= 11 is 0. The van der Waals surface area contributed by atoms with E-state index in [9.17, 15) is 8.78 Å². The van der Waals surface area contributed by atoms with Crippen molar-refractivity contribution in [1.82, 2.24) is 24.4 Å². The van der Waals surface area contributed by atoms with E-state index >= 15 is 0 Å². The number of halogens is 2. The van der Waals surface area contributed by atoms with Gasteiger partial charge in [0, 0.05) is 35.6 Å². The molecule has 0 N–H and O–H groups in total. The Hall–Kier alpha value is -4.27. The lowest BCUT2D eigenvalue weighted by Crippen LogP contribution is -2.24. The molecule has 0 spiro atoms. The molecule has 3 aromatic heterocycles. The van der Waals surface area contributed by atoms with Crippen molar-refractivity contribution in [2.75, 3.05) is 18.6 Å². The molecule has 176 valence electrons. The molecule has 6 rings (SSSR count). The second-order valence-corrected chi connectivity index (χ2v) is 8.47. The van der Waals surface area contributed by atoms with Crippen LogP contribution in [0.1, 0.15) is 24.4 Å². The molecule has 1 saturated heterocycles. The Balaban J connectivity index is 1.38. The van der Waals surface area contributed by atoms with Gasteiger partial charge in [0.2, 0.25) is 0 Å². The lowest BCUT2D eigenvalue weighted by molar-refractivity contribution is 0.416. The molecule has 0 aliphatic carbocycles. The molecule has 0 bridgehead atoms. The first-order valence-electron chi connectivity index (χ1n) is 11.4. The van der Waals surface area contributed by atoms with E-state index in [4.69, 9.17) is 9.72 Å². The number of rotatable bonds is 5. The molecule has 0 amide bonds. The number of methoxy groups -OCH3 is 1. The molecule has 5 aromatic rings. The molecule has 0 radical (unpaired) electrons. The third-order valence-electron chi connectivity index (χ3n) is 6.45. The fraction of sp³-hybridized carbons (Fsp3) is 0.192. The zero-order valence-electron chi connectivity index (χ0n) is 19.0. The number of para-hydroxylation sites is 1. The van der Waals surface area contributed by atoms with Gasteiger partial charge in [-0.1, -0.05) is 18.2 Å². The van der Waals surface area contributed by atoms with Crippen molar-refractivity contribution >= 4 is 11.5 Å². The van der Waals surface area contributed by atoms with E-state index in [0.29, 0.717) is 29.3 Å². The molecule has 4 heterocycles. The predicted octanol–water partition coefficient (Wildman–Crippen LogP) is 5.21. The molecule has 0 saturated carbocycles. The van der Waals surface area contributed by atoms with E-state index in [0.717, 1.165) is 35.8 Å². The Kier molecular flexibility index (Phi) is 5.17. The van der Waals surface area contributed by atoms with Crippen LogP contribution < -0.4 is 9.64 Å². The first-order chi connectivity index (χ1) is 17.1. The van der Waals surface area contributed by atoms with Crippen LogP contribution in [-0.2, 0) is 0 Å². The maximum atomic E-state index is 14.5. The summed E-state index contributed by atoms with van der Waals surface area (Å²) in [7, 11) is 1.64. The highest BCUT2D eigenvalue weighted by atomic mass is 19.1. The quantitative estimate of drug-likeness (QED) is 0.351. The van der Waals surface area contributed by atoms with Gasteiger partial charge in [-0.05, 0) is 43.2 Å². The summed E-state index contributed by atoms with van der Waals surface area (Å²) in [5.41, 5.74) is 3.51. The van der Waals surface area contributed by atoms with Gasteiger partial charge in [-0.25, -0.2) is 23.0 Å². The first kappa shape index (κ1) is 21.3. The molecular formula is C26H22F2N6O. The molecule has 2 aromatic carbocycles. The standard InChI is InChI=1S/C26H22F2N6O/c1-35-24-7-3-2-5-19(24)17-14-29-34(16-17)23-15-30-33-12-10-25(31-26(23)33)32-11-4-6-22(32)20-13-18(27)8-9-21(20)28/h2-3,5,7-10,12-16,22H,4,6,11H2,1H3. The summed E-state index contributed by atoms with van der Waals surface area (Å²) in [5, 5.41) is 8.96. The molecule has 7 nitrogen and oxygen atoms in total. The summed E-state index contributed by atoms with van der Waals surface area (Å²) < 4.78 is 37.3. The van der Waals surface area contributed by atoms with Gasteiger partial charge in [0.05, 0.1) is 25.5 Å². The highest BCUT2D eigenvalue weighted by Crippen LogP contribution is 2.37. The van der Waals surface area contributed by atoms with Gasteiger partial charge >= 0.3 is 0 Å². The summed E-state index contributed by atoms with van der Waals surface area (Å²) in [4.78, 5) is 6.89. The number of hydrogen-bond acceptors (Lipinski definition) is 5. The lowest BCUT2D eigenvalue weighted by atomic mass is 10.0. The van der Waals surface area contributed by atoms with E-state index in [2.05, 4.69) is 10.2 Å². The van der Waals surface area contributed by atoms with Gasteiger partial charge in [-0.15, -0.1) is 0 Å². The van der Waals surface area contributed by atoms with E-state index in [1.165, 1.54) is 12.1 Å². The predicted molar refractivity (Wildman–Crippen MR) is 128 cm³/mol. The molecule has 35 heavy (non-hydrogen) atoms. The zero-order valence-corrected chi connectivity index (χ0v) is 19.0. The van der Waals surface area contributed by atoms with Crippen LogP contribution in [0.4, 0.5) is 14.6 Å². The summed E-state index contributed by atoms with van der Waals surface area (Å²) in [6.07, 6.45) is 8.79. The number of hydrogen-bond donors (Lipinski definition) is 0. The fourth-order valence-corrected chi connectivity index (χ4v) is 4.78. The van der Waals surface area contributed by atoms with Crippen LogP contribution in [0.5, 0.6) is 5.75 Å². The molecule has 1 aliphatic heterocycles. The highest BCUT2D eigenvalue weighted by molar-refractivity contribution is 5.70. The Labute approximate surface area is 200 Å². The van der Waals surface area contributed by atoms with Crippen LogP contribution in [0.25, 0.3) is 22.5 Å². The third kappa shape index (κ3) is 3.69. The molecule has 1 unspecified atom stereocenters. The number of anilines is 1. The van der Waals surface area contributed by atoms with Crippen molar-refractivity contribution in [1.29, 1.82) is 0 Å². The minimum atomic E-state index is -0.445. The van der Waals surface area contributed by atoms with Crippen LogP contribution in [0.2, 0.25) is 0 Å². The first-order valence-corrected chi connectivity index (χ1v) is 11.4. The zero-order chi connectivity index (χ0) is 23.9. The largest absolute Gasteiger partial charge is 0.496 e. The van der Waals surface area contributed by atoms with Gasteiger partial charge in [0.25, 0.3) is 0 Å². The van der Waals surface area contributed by atoms with E-state index in [-0.39, 0.29) is 6.04 Å². The van der Waals surface area contributed by atoms with Crippen molar-refractivity contribution < 1.29 is 13.5 Å². The SMILES string of the molecule is COc1ccccc1-c1cnn(-c2cnn3ccc(N4CCCC4c4cc(F)ccc4F)nc23)c1. The van der Waals surface area contributed by atoms with Gasteiger partial charge < -0.3 is 9.64 Å². The van der Waals surface area contributed by atoms with Crippen molar-refractivity contribution in [2.24, 2.45) is 0 Å². The van der Waals surface area contributed by atoms with Crippen LogP contribution >= 0.6 is 0 Å². The average Bonchev–Trinajstić information content (AvgIpc) is 3.64. The molecular weight excluding hydrogens is 450 g/mol. The molecule has 9 heteroatoms. The Morgan fingerprint density at radius 3 is 2.80 bits per heavy atom. The normalized spacial score (nSPS) is 15.7. The monoisotopic (exact) mass is 472 g/mol. The maximum absolute atomic E-state index is 14.5. The Morgan fingerprint density at radius 1 is 1.03 bits per heavy atom. The number of nitrogens with zero attached hydrogens (tertiary/aromatic N) is 6. The Bertz CT molecular complexity index is 1530. The van der Waals surface area contributed by atoms with Gasteiger partial charge in [0.15, 0.2) is 5.65 Å². The second kappa shape index (κ2) is 8.50. The van der Waals surface area contributed by atoms with Crippen LogP contribution in [0.15, 0.2) is 73.3 Å². The van der Waals surface area contributed by atoms with Gasteiger partial charge in [0.1, 0.15) is 28.9 Å². The number of aromatic nitrogens is 5. The minimum absolute atomic E-state index is 0.283. The third-order valence-corrected chi connectivity index (χ3v) is 6.45. The Morgan fingerprint density at radius 2 is 1.91 bits per heavy atom. The van der Waals surface area contributed by atoms with E-state index in [1.807, 2.05) is 47.6 Å². The smallest absolute Gasteiger partial charge is 0.183 e. The minimum Gasteiger partial charge on any atom is -0.496 e. The summed E-state index contributed by atoms with van der Waals surface area (Å²) in [6.45, 7) is 0.701. The average molecular weight is 472 g/mol. The number of ether oxygens (including phenoxy) is 1. The van der Waals surface area contributed by atoms with Gasteiger partial charge in [-0.2, -0.15) is 10.2 Å². The number of fused-ring (bicyclic) bond motifs is 1. The van der Waals surface area contributed by atoms with E-state index in [1.54, 1.807) is 28.7 Å². The van der Waals surface area contributed by atoms with Crippen molar-refractivity contribution in [3.63, 3.8) is 0 Å².